The van der Waals surface area contributed by atoms with Gasteiger partial charge in [-0.05, 0) is 20.8 Å². The van der Waals surface area contributed by atoms with E-state index in [9.17, 15) is 0 Å². The molecule has 6 heteroatoms. The molecule has 6 nitrogen and oxygen atoms in total. The molecular weight excluding hydrogens is 242 g/mol. The molecule has 1 unspecified atom stereocenters. The van der Waals surface area contributed by atoms with Gasteiger partial charge in [-0.1, -0.05) is 0 Å². The molecule has 0 aromatic carbocycles. The van der Waals surface area contributed by atoms with Crippen molar-refractivity contribution < 1.29 is 4.74 Å². The second-order valence-corrected chi connectivity index (χ2v) is 4.63. The number of nitrogens with one attached hydrogen (secondary N) is 1. The summed E-state index contributed by atoms with van der Waals surface area (Å²) in [5, 5.41) is 7.54. The van der Waals surface area contributed by atoms with Crippen LogP contribution in [0, 0.1) is 6.92 Å². The standard InChI is InChI=1S/C13H21N5O/c1-5-17-8-12(6-14-17)16-13-15-10(2)7-18(13)11(3)9-19-4/h6-8,11H,5,9H2,1-4H3,(H,15,16). The van der Waals surface area contributed by atoms with Crippen molar-refractivity contribution in [1.82, 2.24) is 19.3 Å². The smallest absolute Gasteiger partial charge is 0.207 e. The summed E-state index contributed by atoms with van der Waals surface area (Å²) in [4.78, 5) is 4.50. The number of aryl methyl sites for hydroxylation is 2. The van der Waals surface area contributed by atoms with Crippen molar-refractivity contribution in [2.45, 2.75) is 33.4 Å². The number of rotatable bonds is 6. The molecule has 1 atom stereocenters. The van der Waals surface area contributed by atoms with Crippen molar-refractivity contribution in [1.29, 1.82) is 0 Å². The number of anilines is 2. The largest absolute Gasteiger partial charge is 0.383 e. The summed E-state index contributed by atoms with van der Waals surface area (Å²) in [6.07, 6.45) is 5.80. The van der Waals surface area contributed by atoms with E-state index in [1.54, 1.807) is 13.3 Å². The highest BCUT2D eigenvalue weighted by Crippen LogP contribution is 2.20. The Hall–Kier alpha value is -1.82. The highest BCUT2D eigenvalue weighted by Gasteiger charge is 2.12. The Bertz CT molecular complexity index is 531. The number of imidazole rings is 1. The fourth-order valence-corrected chi connectivity index (χ4v) is 2.00. The van der Waals surface area contributed by atoms with Crippen LogP contribution in [0.15, 0.2) is 18.6 Å². The van der Waals surface area contributed by atoms with Crippen LogP contribution in [0.1, 0.15) is 25.6 Å². The van der Waals surface area contributed by atoms with Crippen LogP contribution in [0.25, 0.3) is 0 Å². The zero-order valence-electron chi connectivity index (χ0n) is 11.9. The first-order valence-electron chi connectivity index (χ1n) is 6.48. The van der Waals surface area contributed by atoms with Crippen LogP contribution in [0.4, 0.5) is 11.6 Å². The van der Waals surface area contributed by atoms with E-state index in [0.29, 0.717) is 6.61 Å². The van der Waals surface area contributed by atoms with E-state index in [-0.39, 0.29) is 6.04 Å². The third-order valence-corrected chi connectivity index (χ3v) is 2.95. The third kappa shape index (κ3) is 3.14. The molecule has 0 aliphatic rings. The van der Waals surface area contributed by atoms with Gasteiger partial charge in [0.2, 0.25) is 5.95 Å². The second kappa shape index (κ2) is 5.88. The van der Waals surface area contributed by atoms with Crippen LogP contribution in [0.3, 0.4) is 0 Å². The Labute approximate surface area is 113 Å². The summed E-state index contributed by atoms with van der Waals surface area (Å²) in [5.74, 6) is 0.817. The zero-order valence-corrected chi connectivity index (χ0v) is 11.9. The minimum absolute atomic E-state index is 0.231. The molecule has 2 aromatic heterocycles. The maximum absolute atomic E-state index is 5.20. The summed E-state index contributed by atoms with van der Waals surface area (Å²) in [6, 6.07) is 0.231. The van der Waals surface area contributed by atoms with Crippen molar-refractivity contribution in [3.63, 3.8) is 0 Å². The summed E-state index contributed by atoms with van der Waals surface area (Å²) in [6.45, 7) is 7.65. The quantitative estimate of drug-likeness (QED) is 0.869. The lowest BCUT2D eigenvalue weighted by atomic mass is 10.3. The minimum Gasteiger partial charge on any atom is -0.383 e. The zero-order chi connectivity index (χ0) is 13.8. The van der Waals surface area contributed by atoms with Gasteiger partial charge < -0.3 is 14.6 Å². The average Bonchev–Trinajstić information content (AvgIpc) is 2.97. The predicted octanol–water partition coefficient (Wildman–Crippen LogP) is 2.36. The molecule has 104 valence electrons. The molecule has 19 heavy (non-hydrogen) atoms. The Balaban J connectivity index is 2.19. The summed E-state index contributed by atoms with van der Waals surface area (Å²) in [7, 11) is 1.71. The van der Waals surface area contributed by atoms with Gasteiger partial charge in [0.25, 0.3) is 0 Å². The van der Waals surface area contributed by atoms with Gasteiger partial charge in [0.15, 0.2) is 0 Å². The van der Waals surface area contributed by atoms with Crippen molar-refractivity contribution in [2.75, 3.05) is 19.0 Å². The number of nitrogens with zero attached hydrogens (tertiary/aromatic N) is 4. The molecule has 0 spiro atoms. The minimum atomic E-state index is 0.231. The normalized spacial score (nSPS) is 12.6. The highest BCUT2D eigenvalue weighted by molar-refractivity contribution is 5.51. The summed E-state index contributed by atoms with van der Waals surface area (Å²) < 4.78 is 9.16. The first-order valence-corrected chi connectivity index (χ1v) is 6.48. The van der Waals surface area contributed by atoms with Gasteiger partial charge in [0.1, 0.15) is 0 Å². The molecule has 1 N–H and O–H groups in total. The lowest BCUT2D eigenvalue weighted by molar-refractivity contribution is 0.163. The van der Waals surface area contributed by atoms with Gasteiger partial charge in [0, 0.05) is 26.0 Å². The van der Waals surface area contributed by atoms with Gasteiger partial charge in [-0.15, -0.1) is 0 Å². The Morgan fingerprint density at radius 2 is 2.21 bits per heavy atom. The van der Waals surface area contributed by atoms with Gasteiger partial charge in [-0.25, -0.2) is 4.98 Å². The molecule has 0 aliphatic carbocycles. The lowest BCUT2D eigenvalue weighted by Gasteiger charge is -2.15. The van der Waals surface area contributed by atoms with E-state index in [0.717, 1.165) is 23.9 Å². The van der Waals surface area contributed by atoms with Crippen molar-refractivity contribution in [3.8, 4) is 0 Å². The molecule has 0 bridgehead atoms. The fourth-order valence-electron chi connectivity index (χ4n) is 2.00. The predicted molar refractivity (Wildman–Crippen MR) is 74.7 cm³/mol. The average molecular weight is 263 g/mol. The molecular formula is C13H21N5O. The molecule has 0 radical (unpaired) electrons. The summed E-state index contributed by atoms with van der Waals surface area (Å²) >= 11 is 0. The van der Waals surface area contributed by atoms with Crippen LogP contribution >= 0.6 is 0 Å². The van der Waals surface area contributed by atoms with E-state index in [4.69, 9.17) is 4.74 Å². The van der Waals surface area contributed by atoms with Crippen molar-refractivity contribution >= 4 is 11.6 Å². The van der Waals surface area contributed by atoms with Crippen LogP contribution in [0.5, 0.6) is 0 Å². The third-order valence-electron chi connectivity index (χ3n) is 2.95. The van der Waals surface area contributed by atoms with E-state index >= 15 is 0 Å². The Morgan fingerprint density at radius 3 is 2.84 bits per heavy atom. The molecule has 0 aliphatic heterocycles. The first-order chi connectivity index (χ1) is 9.13. The van der Waals surface area contributed by atoms with Crippen LogP contribution in [0.2, 0.25) is 0 Å². The Kier molecular flexibility index (Phi) is 4.21. The number of hydrogen-bond donors (Lipinski definition) is 1. The maximum atomic E-state index is 5.20. The van der Waals surface area contributed by atoms with Gasteiger partial charge >= 0.3 is 0 Å². The number of methoxy groups -OCH3 is 1. The molecule has 0 saturated heterocycles. The second-order valence-electron chi connectivity index (χ2n) is 4.63. The van der Waals surface area contributed by atoms with E-state index in [2.05, 4.69) is 33.8 Å². The Morgan fingerprint density at radius 1 is 1.42 bits per heavy atom. The van der Waals surface area contributed by atoms with Crippen LogP contribution in [-0.2, 0) is 11.3 Å². The van der Waals surface area contributed by atoms with E-state index in [1.807, 2.05) is 24.0 Å². The summed E-state index contributed by atoms with van der Waals surface area (Å²) in [5.41, 5.74) is 1.92. The molecule has 0 amide bonds. The molecule has 0 saturated carbocycles. The van der Waals surface area contributed by atoms with Crippen molar-refractivity contribution in [2.24, 2.45) is 0 Å². The molecule has 2 rings (SSSR count). The van der Waals surface area contributed by atoms with E-state index < -0.39 is 0 Å². The molecule has 2 aromatic rings. The van der Waals surface area contributed by atoms with Crippen LogP contribution < -0.4 is 5.32 Å². The highest BCUT2D eigenvalue weighted by atomic mass is 16.5. The number of hydrogen-bond acceptors (Lipinski definition) is 4. The maximum Gasteiger partial charge on any atom is 0.207 e. The lowest BCUT2D eigenvalue weighted by Crippen LogP contribution is -2.12. The fraction of sp³-hybridized carbons (Fsp3) is 0.538. The van der Waals surface area contributed by atoms with Gasteiger partial charge in [-0.3, -0.25) is 4.68 Å². The SMILES string of the molecule is CCn1cc(Nc2nc(C)cn2C(C)COC)cn1. The van der Waals surface area contributed by atoms with Gasteiger partial charge in [0.05, 0.1) is 30.2 Å². The number of ether oxygens (including phenoxy) is 1. The molecule has 0 fully saturated rings. The molecule has 2 heterocycles. The van der Waals surface area contributed by atoms with Crippen LogP contribution in [-0.4, -0.2) is 33.0 Å². The van der Waals surface area contributed by atoms with E-state index in [1.165, 1.54) is 0 Å². The first kappa shape index (κ1) is 13.6. The number of aromatic nitrogens is 4. The monoisotopic (exact) mass is 263 g/mol. The van der Waals surface area contributed by atoms with Gasteiger partial charge in [-0.2, -0.15) is 5.10 Å². The van der Waals surface area contributed by atoms with Crippen molar-refractivity contribution in [3.05, 3.63) is 24.3 Å². The topological polar surface area (TPSA) is 56.9 Å².